The first-order valence-electron chi connectivity index (χ1n) is 6.16. The summed E-state index contributed by atoms with van der Waals surface area (Å²) in [6, 6.07) is 11.7. The zero-order valence-corrected chi connectivity index (χ0v) is 10.1. The Labute approximate surface area is 106 Å². The number of benzene rings is 2. The van der Waals surface area contributed by atoms with Gasteiger partial charge in [0.25, 0.3) is 0 Å². The summed E-state index contributed by atoms with van der Waals surface area (Å²) >= 11 is 0. The van der Waals surface area contributed by atoms with E-state index in [-0.39, 0.29) is 11.7 Å². The smallest absolute Gasteiger partial charge is 0.170 e. The third-order valence-corrected chi connectivity index (χ3v) is 3.48. The third kappa shape index (κ3) is 1.87. The van der Waals surface area contributed by atoms with Gasteiger partial charge in [-0.2, -0.15) is 0 Å². The van der Waals surface area contributed by atoms with Gasteiger partial charge in [0.05, 0.1) is 6.61 Å². The van der Waals surface area contributed by atoms with E-state index >= 15 is 0 Å². The molecule has 0 radical (unpaired) electrons. The largest absolute Gasteiger partial charge is 0.398 e. The molecule has 1 unspecified atom stereocenters. The minimum Gasteiger partial charge on any atom is -0.398 e. The quantitative estimate of drug-likeness (QED) is 0.649. The minimum absolute atomic E-state index is 0.0338. The van der Waals surface area contributed by atoms with Crippen LogP contribution in [0.1, 0.15) is 16.8 Å². The van der Waals surface area contributed by atoms with Crippen LogP contribution in [0.15, 0.2) is 36.4 Å². The highest BCUT2D eigenvalue weighted by molar-refractivity contribution is 6.06. The number of carbonyl (C=O) groups is 1. The van der Waals surface area contributed by atoms with Crippen LogP contribution in [0.5, 0.6) is 0 Å². The van der Waals surface area contributed by atoms with Crippen molar-refractivity contribution in [1.82, 2.24) is 0 Å². The first-order valence-corrected chi connectivity index (χ1v) is 6.16. The molecule has 3 nitrogen and oxygen atoms in total. The summed E-state index contributed by atoms with van der Waals surface area (Å²) in [6.45, 7) is 1.19. The summed E-state index contributed by atoms with van der Waals surface area (Å²) in [5, 5.41) is 2.11. The number of hydrogen-bond donors (Lipinski definition) is 1. The maximum absolute atomic E-state index is 12.4. The second-order valence-corrected chi connectivity index (χ2v) is 4.71. The molecule has 2 N–H and O–H groups in total. The van der Waals surface area contributed by atoms with Crippen molar-refractivity contribution in [3.8, 4) is 0 Å². The number of nitrogens with two attached hydrogens (primary N) is 1. The zero-order valence-electron chi connectivity index (χ0n) is 10.1. The van der Waals surface area contributed by atoms with Crippen LogP contribution < -0.4 is 5.73 Å². The van der Waals surface area contributed by atoms with Gasteiger partial charge in [0.2, 0.25) is 0 Å². The number of hydrogen-bond acceptors (Lipinski definition) is 3. The van der Waals surface area contributed by atoms with E-state index < -0.39 is 0 Å². The molecule has 2 aromatic carbocycles. The topological polar surface area (TPSA) is 52.3 Å². The van der Waals surface area contributed by atoms with Crippen molar-refractivity contribution >= 4 is 22.2 Å². The Morgan fingerprint density at radius 1 is 1.22 bits per heavy atom. The normalized spacial score (nSPS) is 19.2. The molecule has 2 aromatic rings. The molecule has 0 aliphatic carbocycles. The molecule has 0 amide bonds. The van der Waals surface area contributed by atoms with E-state index in [0.29, 0.717) is 24.5 Å². The lowest BCUT2D eigenvalue weighted by atomic mass is 9.94. The highest BCUT2D eigenvalue weighted by atomic mass is 16.5. The molecular weight excluding hydrogens is 226 g/mol. The van der Waals surface area contributed by atoms with Crippen molar-refractivity contribution in [1.29, 1.82) is 0 Å². The Kier molecular flexibility index (Phi) is 2.76. The molecule has 1 atom stereocenters. The number of ketones is 1. The lowest BCUT2D eigenvalue weighted by Gasteiger charge is -2.10. The maximum Gasteiger partial charge on any atom is 0.170 e. The molecule has 0 aromatic heterocycles. The predicted octanol–water partition coefficient (Wildman–Crippen LogP) is 2.64. The number of anilines is 1. The molecule has 92 valence electrons. The van der Waals surface area contributed by atoms with Gasteiger partial charge in [0, 0.05) is 23.8 Å². The summed E-state index contributed by atoms with van der Waals surface area (Å²) in [5.74, 6) is 0.0733. The molecule has 0 spiro atoms. The van der Waals surface area contributed by atoms with Gasteiger partial charge in [0.1, 0.15) is 0 Å². The molecule has 1 fully saturated rings. The van der Waals surface area contributed by atoms with Gasteiger partial charge in [-0.05, 0) is 29.3 Å². The highest BCUT2D eigenvalue weighted by Crippen LogP contribution is 2.26. The number of carbonyl (C=O) groups excluding carboxylic acids is 1. The number of nitrogen functional groups attached to an aromatic ring is 1. The fourth-order valence-electron chi connectivity index (χ4n) is 2.43. The Morgan fingerprint density at radius 2 is 1.94 bits per heavy atom. The minimum atomic E-state index is -0.0338. The summed E-state index contributed by atoms with van der Waals surface area (Å²) in [6.07, 6.45) is 0.797. The van der Waals surface area contributed by atoms with Gasteiger partial charge >= 0.3 is 0 Å². The molecular formula is C15H15NO2. The molecule has 1 aliphatic rings. The predicted molar refractivity (Wildman–Crippen MR) is 71.6 cm³/mol. The average Bonchev–Trinajstić information content (AvgIpc) is 2.91. The standard InChI is InChI=1S/C15H15NO2/c16-14-8-11-4-2-1-3-10(11)7-13(14)15(17)12-5-6-18-9-12/h1-4,7-8,12H,5-6,9,16H2. The fourth-order valence-corrected chi connectivity index (χ4v) is 2.43. The van der Waals surface area contributed by atoms with Gasteiger partial charge < -0.3 is 10.5 Å². The SMILES string of the molecule is Nc1cc2ccccc2cc1C(=O)C1CCOC1. The van der Waals surface area contributed by atoms with Crippen molar-refractivity contribution < 1.29 is 9.53 Å². The second-order valence-electron chi connectivity index (χ2n) is 4.71. The van der Waals surface area contributed by atoms with Crippen LogP contribution in [-0.4, -0.2) is 19.0 Å². The van der Waals surface area contributed by atoms with E-state index in [4.69, 9.17) is 10.5 Å². The second kappa shape index (κ2) is 4.42. The Hall–Kier alpha value is -1.87. The average molecular weight is 241 g/mol. The number of Topliss-reactive ketones (excluding diaryl/α,β-unsaturated/α-hetero) is 1. The Morgan fingerprint density at radius 3 is 2.61 bits per heavy atom. The van der Waals surface area contributed by atoms with Gasteiger partial charge in [-0.3, -0.25) is 4.79 Å². The van der Waals surface area contributed by atoms with Crippen LogP contribution in [0.3, 0.4) is 0 Å². The molecule has 0 saturated carbocycles. The summed E-state index contributed by atoms with van der Waals surface area (Å²) in [4.78, 5) is 12.4. The zero-order chi connectivity index (χ0) is 12.5. The van der Waals surface area contributed by atoms with Crippen LogP contribution in [0.4, 0.5) is 5.69 Å². The van der Waals surface area contributed by atoms with Crippen LogP contribution in [-0.2, 0) is 4.74 Å². The lowest BCUT2D eigenvalue weighted by Crippen LogP contribution is -2.16. The van der Waals surface area contributed by atoms with Crippen LogP contribution in [0, 0.1) is 5.92 Å². The van der Waals surface area contributed by atoms with E-state index in [1.54, 1.807) is 0 Å². The van der Waals surface area contributed by atoms with Crippen molar-refractivity contribution in [2.45, 2.75) is 6.42 Å². The van der Waals surface area contributed by atoms with Gasteiger partial charge in [-0.15, -0.1) is 0 Å². The van der Waals surface area contributed by atoms with Gasteiger partial charge in [0.15, 0.2) is 5.78 Å². The van der Waals surface area contributed by atoms with E-state index in [1.807, 2.05) is 36.4 Å². The monoisotopic (exact) mass is 241 g/mol. The van der Waals surface area contributed by atoms with Crippen molar-refractivity contribution in [3.63, 3.8) is 0 Å². The van der Waals surface area contributed by atoms with E-state index in [0.717, 1.165) is 17.2 Å². The van der Waals surface area contributed by atoms with E-state index in [2.05, 4.69) is 0 Å². The first-order chi connectivity index (χ1) is 8.75. The van der Waals surface area contributed by atoms with Crippen molar-refractivity contribution in [2.24, 2.45) is 5.92 Å². The molecule has 3 heteroatoms. The van der Waals surface area contributed by atoms with Crippen LogP contribution in [0.25, 0.3) is 10.8 Å². The first kappa shape index (κ1) is 11.2. The highest BCUT2D eigenvalue weighted by Gasteiger charge is 2.26. The molecule has 1 saturated heterocycles. The van der Waals surface area contributed by atoms with Gasteiger partial charge in [-0.25, -0.2) is 0 Å². The number of rotatable bonds is 2. The number of ether oxygens (including phenoxy) is 1. The summed E-state index contributed by atoms with van der Waals surface area (Å²) in [7, 11) is 0. The summed E-state index contributed by atoms with van der Waals surface area (Å²) < 4.78 is 5.27. The van der Waals surface area contributed by atoms with Crippen LogP contribution in [0.2, 0.25) is 0 Å². The van der Waals surface area contributed by atoms with Crippen molar-refractivity contribution in [3.05, 3.63) is 42.0 Å². The molecule has 18 heavy (non-hydrogen) atoms. The molecule has 3 rings (SSSR count). The van der Waals surface area contributed by atoms with Gasteiger partial charge in [-0.1, -0.05) is 24.3 Å². The van der Waals surface area contributed by atoms with Crippen LogP contribution >= 0.6 is 0 Å². The maximum atomic E-state index is 12.4. The summed E-state index contributed by atoms with van der Waals surface area (Å²) in [5.41, 5.74) is 7.18. The number of fused-ring (bicyclic) bond motifs is 1. The lowest BCUT2D eigenvalue weighted by molar-refractivity contribution is 0.0901. The third-order valence-electron chi connectivity index (χ3n) is 3.48. The fraction of sp³-hybridized carbons (Fsp3) is 0.267. The Bertz CT molecular complexity index is 600. The van der Waals surface area contributed by atoms with E-state index in [9.17, 15) is 4.79 Å². The molecule has 1 aliphatic heterocycles. The molecule has 0 bridgehead atoms. The molecule has 1 heterocycles. The van der Waals surface area contributed by atoms with E-state index in [1.165, 1.54) is 0 Å². The van der Waals surface area contributed by atoms with Crippen molar-refractivity contribution in [2.75, 3.05) is 18.9 Å². The Balaban J connectivity index is 2.05.